The van der Waals surface area contributed by atoms with Gasteiger partial charge in [0, 0.05) is 5.56 Å². The molecule has 5 nitrogen and oxygen atoms in total. The number of amides is 1. The highest BCUT2D eigenvalue weighted by Crippen LogP contribution is 2.34. The molecule has 0 bridgehead atoms. The number of fused-ring (bicyclic) bond motifs is 1. The molecule has 0 unspecified atom stereocenters. The summed E-state index contributed by atoms with van der Waals surface area (Å²) < 4.78 is 1.06. The molecule has 2 N–H and O–H groups in total. The first kappa shape index (κ1) is 16.9. The summed E-state index contributed by atoms with van der Waals surface area (Å²) in [6, 6.07) is 21.3. The number of rotatable bonds is 4. The highest BCUT2D eigenvalue weighted by Gasteiger charge is 2.18. The molecule has 1 aromatic heterocycles. The lowest BCUT2D eigenvalue weighted by Crippen LogP contribution is -2.16. The molecule has 0 aliphatic heterocycles. The molecular weight excluding hydrogens is 360 g/mol. The summed E-state index contributed by atoms with van der Waals surface area (Å²) in [5.74, 6) is -1.61. The Morgan fingerprint density at radius 2 is 1.52 bits per heavy atom. The highest BCUT2D eigenvalue weighted by molar-refractivity contribution is 7.21. The van der Waals surface area contributed by atoms with Crippen LogP contribution >= 0.6 is 11.3 Å². The van der Waals surface area contributed by atoms with E-state index in [1.165, 1.54) is 23.5 Å². The average molecular weight is 374 g/mol. The number of para-hydroxylation sites is 2. The third-order valence-electron chi connectivity index (χ3n) is 4.10. The Kier molecular flexibility index (Phi) is 4.40. The second kappa shape index (κ2) is 7.01. The lowest BCUT2D eigenvalue weighted by Gasteiger charge is -2.10. The molecule has 27 heavy (non-hydrogen) atoms. The second-order valence-corrected chi connectivity index (χ2v) is 6.87. The monoisotopic (exact) mass is 374 g/mol. The molecule has 1 heterocycles. The topological polar surface area (TPSA) is 79.3 Å². The Morgan fingerprint density at radius 3 is 2.30 bits per heavy atom. The van der Waals surface area contributed by atoms with Gasteiger partial charge in [0.25, 0.3) is 5.91 Å². The van der Waals surface area contributed by atoms with Crippen molar-refractivity contribution in [2.75, 3.05) is 5.32 Å². The summed E-state index contributed by atoms with van der Waals surface area (Å²) in [5, 5.41) is 12.9. The molecule has 0 aliphatic carbocycles. The van der Waals surface area contributed by atoms with Crippen LogP contribution in [0.25, 0.3) is 20.8 Å². The van der Waals surface area contributed by atoms with Crippen LogP contribution in [0.4, 0.5) is 5.69 Å². The van der Waals surface area contributed by atoms with Gasteiger partial charge in [0.15, 0.2) is 0 Å². The number of hydrogen-bond donors (Lipinski definition) is 2. The maximum absolute atomic E-state index is 12.7. The molecule has 1 amide bonds. The van der Waals surface area contributed by atoms with E-state index in [0.717, 1.165) is 20.8 Å². The summed E-state index contributed by atoms with van der Waals surface area (Å²) in [5.41, 5.74) is 2.35. The fourth-order valence-corrected chi connectivity index (χ4v) is 3.83. The number of carboxylic acids is 1. The van der Waals surface area contributed by atoms with Gasteiger partial charge in [0.1, 0.15) is 5.01 Å². The third-order valence-corrected chi connectivity index (χ3v) is 5.17. The van der Waals surface area contributed by atoms with E-state index >= 15 is 0 Å². The van der Waals surface area contributed by atoms with Crippen molar-refractivity contribution in [2.45, 2.75) is 0 Å². The molecule has 0 radical (unpaired) electrons. The van der Waals surface area contributed by atoms with Gasteiger partial charge in [-0.2, -0.15) is 0 Å². The van der Waals surface area contributed by atoms with E-state index in [4.69, 9.17) is 0 Å². The van der Waals surface area contributed by atoms with Crippen LogP contribution in [0.3, 0.4) is 0 Å². The lowest BCUT2D eigenvalue weighted by molar-refractivity contribution is 0.0692. The minimum atomic E-state index is -1.14. The van der Waals surface area contributed by atoms with Gasteiger partial charge in [-0.05, 0) is 36.4 Å². The molecule has 4 rings (SSSR count). The first-order chi connectivity index (χ1) is 13.1. The van der Waals surface area contributed by atoms with Gasteiger partial charge in [0.2, 0.25) is 0 Å². The number of carbonyl (C=O) groups excluding carboxylic acids is 1. The number of aromatic carboxylic acids is 1. The highest BCUT2D eigenvalue weighted by atomic mass is 32.1. The predicted molar refractivity (Wildman–Crippen MR) is 106 cm³/mol. The molecule has 0 atom stereocenters. The van der Waals surface area contributed by atoms with E-state index < -0.39 is 11.9 Å². The van der Waals surface area contributed by atoms with Crippen LogP contribution in [-0.4, -0.2) is 22.0 Å². The molecule has 4 aromatic rings. The van der Waals surface area contributed by atoms with E-state index in [1.54, 1.807) is 18.2 Å². The van der Waals surface area contributed by atoms with Crippen molar-refractivity contribution in [3.8, 4) is 10.6 Å². The van der Waals surface area contributed by atoms with E-state index in [9.17, 15) is 14.7 Å². The number of carbonyl (C=O) groups is 2. The molecule has 0 aliphatic rings. The summed E-state index contributed by atoms with van der Waals surface area (Å²) in [7, 11) is 0. The first-order valence-corrected chi connectivity index (χ1v) is 9.04. The standard InChI is InChI=1S/C21H14N2O3S/c24-19(13-7-1-2-8-14(13)21(25)26)22-16-10-4-3-9-15(16)20-23-17-11-5-6-12-18(17)27-20/h1-12H,(H,22,24)(H,25,26). The van der Waals surface area contributed by atoms with E-state index in [-0.39, 0.29) is 11.1 Å². The van der Waals surface area contributed by atoms with Crippen molar-refractivity contribution in [3.05, 3.63) is 83.9 Å². The van der Waals surface area contributed by atoms with Crippen LogP contribution in [0.15, 0.2) is 72.8 Å². The second-order valence-electron chi connectivity index (χ2n) is 5.84. The quantitative estimate of drug-likeness (QED) is 0.532. The van der Waals surface area contributed by atoms with Crippen LogP contribution in [-0.2, 0) is 0 Å². The Morgan fingerprint density at radius 1 is 0.852 bits per heavy atom. The van der Waals surface area contributed by atoms with E-state index in [0.29, 0.717) is 5.69 Å². The Labute approximate surface area is 158 Å². The summed E-state index contributed by atoms with van der Waals surface area (Å²) in [6.07, 6.45) is 0. The van der Waals surface area contributed by atoms with Crippen molar-refractivity contribution in [1.29, 1.82) is 0 Å². The number of thiazole rings is 1. The normalized spacial score (nSPS) is 10.7. The number of carboxylic acid groups (broad SMARTS) is 1. The fraction of sp³-hybridized carbons (Fsp3) is 0. The molecule has 0 saturated carbocycles. The van der Waals surface area contributed by atoms with Crippen molar-refractivity contribution in [3.63, 3.8) is 0 Å². The summed E-state index contributed by atoms with van der Waals surface area (Å²) in [6.45, 7) is 0. The molecular formula is C21H14N2O3S. The third kappa shape index (κ3) is 3.30. The van der Waals surface area contributed by atoms with Crippen LogP contribution in [0.5, 0.6) is 0 Å². The van der Waals surface area contributed by atoms with Gasteiger partial charge >= 0.3 is 5.97 Å². The smallest absolute Gasteiger partial charge is 0.336 e. The van der Waals surface area contributed by atoms with Crippen LogP contribution < -0.4 is 5.32 Å². The van der Waals surface area contributed by atoms with Gasteiger partial charge in [-0.25, -0.2) is 9.78 Å². The zero-order chi connectivity index (χ0) is 18.8. The van der Waals surface area contributed by atoms with Gasteiger partial charge in [-0.3, -0.25) is 4.79 Å². The van der Waals surface area contributed by atoms with Crippen molar-refractivity contribution < 1.29 is 14.7 Å². The van der Waals surface area contributed by atoms with Crippen molar-refractivity contribution in [2.24, 2.45) is 0 Å². The molecule has 3 aromatic carbocycles. The van der Waals surface area contributed by atoms with Gasteiger partial charge in [-0.15, -0.1) is 11.3 Å². The molecule has 0 spiro atoms. The number of anilines is 1. The minimum Gasteiger partial charge on any atom is -0.478 e. The van der Waals surface area contributed by atoms with Crippen LogP contribution in [0, 0.1) is 0 Å². The number of nitrogens with one attached hydrogen (secondary N) is 1. The Bertz CT molecular complexity index is 1130. The predicted octanol–water partition coefficient (Wildman–Crippen LogP) is 4.91. The number of benzene rings is 3. The first-order valence-electron chi connectivity index (χ1n) is 8.22. The zero-order valence-electron chi connectivity index (χ0n) is 14.0. The van der Waals surface area contributed by atoms with Crippen LogP contribution in [0.1, 0.15) is 20.7 Å². The van der Waals surface area contributed by atoms with E-state index in [1.807, 2.05) is 42.5 Å². The number of hydrogen-bond acceptors (Lipinski definition) is 4. The SMILES string of the molecule is O=C(O)c1ccccc1C(=O)Nc1ccccc1-c1nc2ccccc2s1. The van der Waals surface area contributed by atoms with E-state index in [2.05, 4.69) is 10.3 Å². The number of aromatic nitrogens is 1. The Hall–Kier alpha value is -3.51. The average Bonchev–Trinajstić information content (AvgIpc) is 3.12. The zero-order valence-corrected chi connectivity index (χ0v) is 14.9. The summed E-state index contributed by atoms with van der Waals surface area (Å²) in [4.78, 5) is 28.7. The molecule has 0 fully saturated rings. The Balaban J connectivity index is 1.72. The maximum Gasteiger partial charge on any atom is 0.336 e. The largest absolute Gasteiger partial charge is 0.478 e. The van der Waals surface area contributed by atoms with Gasteiger partial charge < -0.3 is 10.4 Å². The van der Waals surface area contributed by atoms with Crippen LogP contribution in [0.2, 0.25) is 0 Å². The van der Waals surface area contributed by atoms with Crippen molar-refractivity contribution >= 4 is 39.1 Å². The fourth-order valence-electron chi connectivity index (χ4n) is 2.82. The minimum absolute atomic E-state index is 0.0348. The molecule has 132 valence electrons. The maximum atomic E-state index is 12.7. The number of nitrogens with zero attached hydrogens (tertiary/aromatic N) is 1. The molecule has 6 heteroatoms. The van der Waals surface area contributed by atoms with Gasteiger partial charge in [-0.1, -0.05) is 36.4 Å². The summed E-state index contributed by atoms with van der Waals surface area (Å²) >= 11 is 1.54. The molecule has 0 saturated heterocycles. The van der Waals surface area contributed by atoms with Gasteiger partial charge in [0.05, 0.1) is 27.0 Å². The van der Waals surface area contributed by atoms with Crippen molar-refractivity contribution in [1.82, 2.24) is 4.98 Å². The lowest BCUT2D eigenvalue weighted by atomic mass is 10.1.